The van der Waals surface area contributed by atoms with Gasteiger partial charge in [0.1, 0.15) is 35.6 Å². The first-order chi connectivity index (χ1) is 11.6. The molecule has 1 N–H and O–H groups in total. The summed E-state index contributed by atoms with van der Waals surface area (Å²) < 4.78 is 17.1. The number of ether oxygens (including phenoxy) is 2. The van der Waals surface area contributed by atoms with Crippen LogP contribution in [0.4, 0.5) is 0 Å². The minimum Gasteiger partial charge on any atom is -0.494 e. The number of rotatable bonds is 6. The Kier molecular flexibility index (Phi) is 4.76. The molecule has 0 bridgehead atoms. The summed E-state index contributed by atoms with van der Waals surface area (Å²) in [5, 5.41) is 10.6. The van der Waals surface area contributed by atoms with E-state index in [1.165, 1.54) is 0 Å². The first-order valence-electron chi connectivity index (χ1n) is 8.14. The van der Waals surface area contributed by atoms with Crippen molar-refractivity contribution in [2.24, 2.45) is 0 Å². The molecule has 0 aliphatic heterocycles. The molecule has 0 aliphatic carbocycles. The van der Waals surface area contributed by atoms with E-state index in [0.717, 1.165) is 33.6 Å². The average molecular weight is 326 g/mol. The van der Waals surface area contributed by atoms with E-state index in [9.17, 15) is 5.11 Å². The Labute approximate surface area is 141 Å². The summed E-state index contributed by atoms with van der Waals surface area (Å²) in [4.78, 5) is 0. The van der Waals surface area contributed by atoms with Gasteiger partial charge in [-0.15, -0.1) is 0 Å². The zero-order chi connectivity index (χ0) is 17.1. The first-order valence-corrected chi connectivity index (χ1v) is 8.14. The number of aliphatic hydroxyl groups excluding tert-OH is 1. The summed E-state index contributed by atoms with van der Waals surface area (Å²) >= 11 is 0. The third-order valence-electron chi connectivity index (χ3n) is 3.94. The lowest BCUT2D eigenvalue weighted by Gasteiger charge is -2.10. The van der Waals surface area contributed by atoms with Crippen molar-refractivity contribution in [3.05, 3.63) is 59.4 Å². The van der Waals surface area contributed by atoms with Gasteiger partial charge in [-0.2, -0.15) is 0 Å². The van der Waals surface area contributed by atoms with Gasteiger partial charge in [-0.05, 0) is 56.7 Å². The molecule has 0 saturated heterocycles. The first kappa shape index (κ1) is 16.4. The predicted octanol–water partition coefficient (Wildman–Crippen LogP) is 4.77. The van der Waals surface area contributed by atoms with Crippen molar-refractivity contribution in [3.8, 4) is 11.5 Å². The van der Waals surface area contributed by atoms with Gasteiger partial charge < -0.3 is 19.0 Å². The highest BCUT2D eigenvalue weighted by molar-refractivity contribution is 5.83. The average Bonchev–Trinajstić information content (AvgIpc) is 3.01. The van der Waals surface area contributed by atoms with Crippen molar-refractivity contribution in [3.63, 3.8) is 0 Å². The van der Waals surface area contributed by atoms with Crippen LogP contribution in [0.15, 0.2) is 46.9 Å². The summed E-state index contributed by atoms with van der Waals surface area (Å²) in [7, 11) is 0. The molecule has 0 radical (unpaired) electrons. The van der Waals surface area contributed by atoms with Crippen LogP contribution in [-0.2, 0) is 6.61 Å². The fraction of sp³-hybridized carbons (Fsp3) is 0.300. The molecule has 0 amide bonds. The summed E-state index contributed by atoms with van der Waals surface area (Å²) in [6.07, 6.45) is -0.620. The molecule has 2 aromatic carbocycles. The fourth-order valence-electron chi connectivity index (χ4n) is 2.62. The quantitative estimate of drug-likeness (QED) is 0.709. The van der Waals surface area contributed by atoms with E-state index >= 15 is 0 Å². The topological polar surface area (TPSA) is 51.8 Å². The Morgan fingerprint density at radius 2 is 1.83 bits per heavy atom. The van der Waals surface area contributed by atoms with Gasteiger partial charge >= 0.3 is 0 Å². The molecule has 0 saturated carbocycles. The maximum Gasteiger partial charge on any atom is 0.141 e. The van der Waals surface area contributed by atoms with Crippen molar-refractivity contribution < 1.29 is 19.0 Å². The summed E-state index contributed by atoms with van der Waals surface area (Å²) in [5.41, 5.74) is 2.77. The van der Waals surface area contributed by atoms with E-state index in [1.807, 2.05) is 56.3 Å². The van der Waals surface area contributed by atoms with Crippen LogP contribution in [0.2, 0.25) is 0 Å². The number of aliphatic hydroxyl groups is 1. The molecule has 0 spiro atoms. The number of benzene rings is 2. The third-order valence-corrected chi connectivity index (χ3v) is 3.94. The van der Waals surface area contributed by atoms with Crippen LogP contribution in [0.3, 0.4) is 0 Å². The molecule has 1 unspecified atom stereocenters. The maximum absolute atomic E-state index is 9.66. The zero-order valence-electron chi connectivity index (χ0n) is 14.2. The highest BCUT2D eigenvalue weighted by Gasteiger charge is 2.13. The predicted molar refractivity (Wildman–Crippen MR) is 93.5 cm³/mol. The third kappa shape index (κ3) is 3.39. The van der Waals surface area contributed by atoms with Gasteiger partial charge in [0.15, 0.2) is 0 Å². The lowest BCUT2D eigenvalue weighted by Crippen LogP contribution is -1.97. The largest absolute Gasteiger partial charge is 0.494 e. The second-order valence-corrected chi connectivity index (χ2v) is 5.80. The monoisotopic (exact) mass is 326 g/mol. The van der Waals surface area contributed by atoms with Crippen LogP contribution in [0.5, 0.6) is 11.5 Å². The van der Waals surface area contributed by atoms with Crippen LogP contribution >= 0.6 is 0 Å². The second-order valence-electron chi connectivity index (χ2n) is 5.80. The molecule has 1 atom stereocenters. The number of furan rings is 1. The van der Waals surface area contributed by atoms with E-state index < -0.39 is 6.10 Å². The van der Waals surface area contributed by atoms with Crippen molar-refractivity contribution in [1.29, 1.82) is 0 Å². The van der Waals surface area contributed by atoms with E-state index in [2.05, 4.69) is 0 Å². The molecular weight excluding hydrogens is 304 g/mol. The molecule has 126 valence electrons. The zero-order valence-corrected chi connectivity index (χ0v) is 14.2. The Hall–Kier alpha value is -2.46. The van der Waals surface area contributed by atoms with Crippen LogP contribution in [0.25, 0.3) is 11.0 Å². The van der Waals surface area contributed by atoms with Gasteiger partial charge in [0.2, 0.25) is 0 Å². The van der Waals surface area contributed by atoms with Gasteiger partial charge in [0.05, 0.1) is 6.61 Å². The molecule has 3 rings (SSSR count). The Morgan fingerprint density at radius 1 is 1.08 bits per heavy atom. The van der Waals surface area contributed by atoms with Crippen LogP contribution in [0, 0.1) is 6.92 Å². The fourth-order valence-corrected chi connectivity index (χ4v) is 2.62. The van der Waals surface area contributed by atoms with Gasteiger partial charge in [-0.3, -0.25) is 0 Å². The molecule has 0 aliphatic rings. The molecule has 3 aromatic rings. The highest BCUT2D eigenvalue weighted by atomic mass is 16.5. The van der Waals surface area contributed by atoms with Gasteiger partial charge in [-0.1, -0.05) is 12.1 Å². The smallest absolute Gasteiger partial charge is 0.141 e. The van der Waals surface area contributed by atoms with Crippen LogP contribution in [-0.4, -0.2) is 11.7 Å². The molecule has 4 heteroatoms. The lowest BCUT2D eigenvalue weighted by atomic mass is 10.1. The Balaban J connectivity index is 1.76. The van der Waals surface area contributed by atoms with Crippen molar-refractivity contribution in [1.82, 2.24) is 0 Å². The van der Waals surface area contributed by atoms with E-state index in [0.29, 0.717) is 19.0 Å². The van der Waals surface area contributed by atoms with E-state index in [1.54, 1.807) is 6.92 Å². The van der Waals surface area contributed by atoms with Crippen molar-refractivity contribution in [2.45, 2.75) is 33.5 Å². The molecule has 4 nitrogen and oxygen atoms in total. The minimum absolute atomic E-state index is 0.475. The summed E-state index contributed by atoms with van der Waals surface area (Å²) in [5.74, 6) is 2.21. The Bertz CT molecular complexity index is 816. The molecule has 24 heavy (non-hydrogen) atoms. The lowest BCUT2D eigenvalue weighted by molar-refractivity contribution is 0.172. The second kappa shape index (κ2) is 6.97. The van der Waals surface area contributed by atoms with E-state index in [-0.39, 0.29) is 0 Å². The highest BCUT2D eigenvalue weighted by Crippen LogP contribution is 2.32. The molecule has 0 fully saturated rings. The minimum atomic E-state index is -0.620. The number of hydrogen-bond donors (Lipinski definition) is 1. The number of aryl methyl sites for hydroxylation is 1. The normalized spacial score (nSPS) is 12.3. The van der Waals surface area contributed by atoms with Gasteiger partial charge in [0.25, 0.3) is 0 Å². The van der Waals surface area contributed by atoms with Crippen LogP contribution in [0.1, 0.15) is 36.8 Å². The Morgan fingerprint density at radius 3 is 2.50 bits per heavy atom. The maximum atomic E-state index is 9.66. The summed E-state index contributed by atoms with van der Waals surface area (Å²) in [6.45, 7) is 6.75. The van der Waals surface area contributed by atoms with Crippen molar-refractivity contribution >= 4 is 11.0 Å². The molecule has 1 heterocycles. The standard InChI is InChI=1S/C20H22O4/c1-4-22-17-8-5-15(6-9-17)12-23-18-10-7-16-11-19(14(3)21)24-20(16)13(18)2/h5-11,14,21H,4,12H2,1-3H3. The van der Waals surface area contributed by atoms with E-state index in [4.69, 9.17) is 13.9 Å². The summed E-state index contributed by atoms with van der Waals surface area (Å²) in [6, 6.07) is 13.6. The molecule has 1 aromatic heterocycles. The SMILES string of the molecule is CCOc1ccc(COc2ccc3cc(C(C)O)oc3c2C)cc1. The number of fused-ring (bicyclic) bond motifs is 1. The van der Waals surface area contributed by atoms with Crippen LogP contribution < -0.4 is 9.47 Å². The van der Waals surface area contributed by atoms with Gasteiger partial charge in [0, 0.05) is 10.9 Å². The van der Waals surface area contributed by atoms with Gasteiger partial charge in [-0.25, -0.2) is 0 Å². The number of hydrogen-bond acceptors (Lipinski definition) is 4. The van der Waals surface area contributed by atoms with Crippen molar-refractivity contribution in [2.75, 3.05) is 6.61 Å². The molecular formula is C20H22O4.